The maximum absolute atomic E-state index is 14.2. The van der Waals surface area contributed by atoms with Crippen LogP contribution in [0.15, 0.2) is 60.9 Å². The summed E-state index contributed by atoms with van der Waals surface area (Å²) in [5, 5.41) is 5.02. The summed E-state index contributed by atoms with van der Waals surface area (Å²) in [6.07, 6.45) is 3.52. The lowest BCUT2D eigenvalue weighted by atomic mass is 10.3. The first-order valence-corrected chi connectivity index (χ1v) is 10.5. The van der Waals surface area contributed by atoms with Gasteiger partial charge in [-0.25, -0.2) is 14.4 Å². The number of halogens is 1. The third kappa shape index (κ3) is 3.39. The fourth-order valence-electron chi connectivity index (χ4n) is 3.02. The summed E-state index contributed by atoms with van der Waals surface area (Å²) in [4.78, 5) is 23.8. The summed E-state index contributed by atoms with van der Waals surface area (Å²) in [7, 11) is 0. The summed E-state index contributed by atoms with van der Waals surface area (Å²) >= 11 is 2.63. The Bertz CT molecular complexity index is 1280. The van der Waals surface area contributed by atoms with Crippen LogP contribution in [-0.4, -0.2) is 32.2 Å². The number of carbonyl (C=O) groups is 1. The van der Waals surface area contributed by atoms with Crippen molar-refractivity contribution in [3.63, 3.8) is 0 Å². The van der Waals surface area contributed by atoms with E-state index in [0.29, 0.717) is 27.9 Å². The Kier molecular flexibility index (Phi) is 4.53. The number of rotatable bonds is 5. The number of hydrogen-bond acceptors (Lipinski definition) is 6. The van der Waals surface area contributed by atoms with Crippen LogP contribution in [0.3, 0.4) is 0 Å². The number of carbonyl (C=O) groups excluding carboxylic acids is 1. The highest BCUT2D eigenvalue weighted by atomic mass is 32.1. The SMILES string of the molecule is O=C(c1nc2ccccc2s1)N(CCn1cccn1)c1nc2c(F)cccc2s1. The molecule has 0 radical (unpaired) electrons. The zero-order valence-electron chi connectivity index (χ0n) is 15.0. The van der Waals surface area contributed by atoms with Crippen molar-refractivity contribution in [2.24, 2.45) is 0 Å². The Labute approximate surface area is 172 Å². The molecule has 0 bridgehead atoms. The molecule has 2 aromatic carbocycles. The Morgan fingerprint density at radius 2 is 1.90 bits per heavy atom. The Morgan fingerprint density at radius 1 is 1.03 bits per heavy atom. The largest absolute Gasteiger partial charge is 0.289 e. The molecule has 29 heavy (non-hydrogen) atoms. The van der Waals surface area contributed by atoms with Gasteiger partial charge in [-0.3, -0.25) is 14.4 Å². The number of thiazole rings is 2. The van der Waals surface area contributed by atoms with Crippen LogP contribution in [0.4, 0.5) is 9.52 Å². The van der Waals surface area contributed by atoms with E-state index in [2.05, 4.69) is 15.1 Å². The molecule has 9 heteroatoms. The number of amides is 1. The Hall–Kier alpha value is -3.17. The second-order valence-electron chi connectivity index (χ2n) is 6.30. The lowest BCUT2D eigenvalue weighted by molar-refractivity contribution is 0.0985. The van der Waals surface area contributed by atoms with E-state index in [1.807, 2.05) is 36.5 Å². The van der Waals surface area contributed by atoms with Gasteiger partial charge in [0, 0.05) is 18.9 Å². The van der Waals surface area contributed by atoms with Crippen molar-refractivity contribution in [1.82, 2.24) is 19.7 Å². The van der Waals surface area contributed by atoms with Crippen LogP contribution in [0.25, 0.3) is 20.4 Å². The standard InChI is InChI=1S/C20H14FN5OS2/c21-13-5-3-8-16-17(13)24-20(29-16)26(12-11-25-10-4-9-22-25)19(27)18-23-14-6-1-2-7-15(14)28-18/h1-10H,11-12H2. The topological polar surface area (TPSA) is 63.9 Å². The van der Waals surface area contributed by atoms with Crippen LogP contribution in [0.1, 0.15) is 9.80 Å². The van der Waals surface area contributed by atoms with Gasteiger partial charge in [-0.2, -0.15) is 5.10 Å². The summed E-state index contributed by atoms with van der Waals surface area (Å²) < 4.78 is 17.5. The first kappa shape index (κ1) is 17.9. The van der Waals surface area contributed by atoms with E-state index in [9.17, 15) is 9.18 Å². The molecule has 3 aromatic heterocycles. The minimum atomic E-state index is -0.399. The molecule has 144 valence electrons. The number of anilines is 1. The fourth-order valence-corrected chi connectivity index (χ4v) is 4.94. The molecule has 1 amide bonds. The second kappa shape index (κ2) is 7.34. The zero-order valence-corrected chi connectivity index (χ0v) is 16.7. The minimum absolute atomic E-state index is 0.252. The van der Waals surface area contributed by atoms with Gasteiger partial charge in [0.25, 0.3) is 5.91 Å². The molecule has 0 spiro atoms. The molecule has 0 N–H and O–H groups in total. The van der Waals surface area contributed by atoms with E-state index in [4.69, 9.17) is 0 Å². The molecule has 0 aliphatic rings. The quantitative estimate of drug-likeness (QED) is 0.415. The first-order valence-electron chi connectivity index (χ1n) is 8.89. The highest BCUT2D eigenvalue weighted by molar-refractivity contribution is 7.23. The van der Waals surface area contributed by atoms with E-state index >= 15 is 0 Å². The van der Waals surface area contributed by atoms with Gasteiger partial charge < -0.3 is 0 Å². The average Bonchev–Trinajstić information content (AvgIpc) is 3.47. The van der Waals surface area contributed by atoms with Crippen molar-refractivity contribution in [3.8, 4) is 0 Å². The van der Waals surface area contributed by atoms with Crippen molar-refractivity contribution in [3.05, 3.63) is 71.7 Å². The van der Waals surface area contributed by atoms with Gasteiger partial charge in [-0.15, -0.1) is 11.3 Å². The van der Waals surface area contributed by atoms with Gasteiger partial charge in [0.1, 0.15) is 11.3 Å². The molecule has 0 saturated carbocycles. The van der Waals surface area contributed by atoms with E-state index in [0.717, 1.165) is 10.2 Å². The first-order chi connectivity index (χ1) is 14.2. The number of aromatic nitrogens is 4. The highest BCUT2D eigenvalue weighted by Gasteiger charge is 2.25. The van der Waals surface area contributed by atoms with E-state index in [1.165, 1.54) is 28.7 Å². The number of benzene rings is 2. The third-order valence-electron chi connectivity index (χ3n) is 4.42. The molecule has 0 atom stereocenters. The lowest BCUT2D eigenvalue weighted by Crippen LogP contribution is -2.34. The van der Waals surface area contributed by atoms with E-state index in [1.54, 1.807) is 27.9 Å². The van der Waals surface area contributed by atoms with Gasteiger partial charge in [0.2, 0.25) is 0 Å². The normalized spacial score (nSPS) is 11.3. The van der Waals surface area contributed by atoms with Crippen LogP contribution < -0.4 is 4.90 Å². The van der Waals surface area contributed by atoms with Crippen LogP contribution in [0.5, 0.6) is 0 Å². The molecule has 0 aliphatic heterocycles. The van der Waals surface area contributed by atoms with Gasteiger partial charge in [-0.1, -0.05) is 29.5 Å². The maximum Gasteiger partial charge on any atom is 0.289 e. The van der Waals surface area contributed by atoms with Gasteiger partial charge in [-0.05, 0) is 30.3 Å². The van der Waals surface area contributed by atoms with Crippen LogP contribution in [0.2, 0.25) is 0 Å². The van der Waals surface area contributed by atoms with Crippen LogP contribution >= 0.6 is 22.7 Å². The van der Waals surface area contributed by atoms with E-state index < -0.39 is 5.82 Å². The lowest BCUT2D eigenvalue weighted by Gasteiger charge is -2.18. The average molecular weight is 423 g/mol. The predicted octanol–water partition coefficient (Wildman–Crippen LogP) is 4.59. The highest BCUT2D eigenvalue weighted by Crippen LogP contribution is 2.32. The van der Waals surface area contributed by atoms with Crippen LogP contribution in [-0.2, 0) is 6.54 Å². The van der Waals surface area contributed by atoms with Gasteiger partial charge in [0.05, 0.1) is 21.5 Å². The molecule has 6 nitrogen and oxygen atoms in total. The molecule has 3 heterocycles. The number of nitrogens with zero attached hydrogens (tertiary/aromatic N) is 5. The van der Waals surface area contributed by atoms with Crippen molar-refractivity contribution in [2.75, 3.05) is 11.4 Å². The Balaban J connectivity index is 1.54. The maximum atomic E-state index is 14.2. The van der Waals surface area contributed by atoms with Crippen molar-refractivity contribution in [2.45, 2.75) is 6.54 Å². The summed E-state index contributed by atoms with van der Waals surface area (Å²) in [6, 6.07) is 14.3. The fraction of sp³-hybridized carbons (Fsp3) is 0.100. The molecule has 0 fully saturated rings. The van der Waals surface area contributed by atoms with E-state index in [-0.39, 0.29) is 11.4 Å². The number of hydrogen-bond donors (Lipinski definition) is 0. The smallest absolute Gasteiger partial charge is 0.280 e. The summed E-state index contributed by atoms with van der Waals surface area (Å²) in [5.41, 5.74) is 1.05. The molecule has 5 aromatic rings. The third-order valence-corrected chi connectivity index (χ3v) is 6.49. The number of fused-ring (bicyclic) bond motifs is 2. The zero-order chi connectivity index (χ0) is 19.8. The van der Waals surface area contributed by atoms with Gasteiger partial charge in [0.15, 0.2) is 10.1 Å². The number of para-hydroxylation sites is 2. The molecule has 0 saturated heterocycles. The Morgan fingerprint density at radius 3 is 2.69 bits per heavy atom. The van der Waals surface area contributed by atoms with Crippen molar-refractivity contribution >= 4 is 54.1 Å². The van der Waals surface area contributed by atoms with Crippen molar-refractivity contribution < 1.29 is 9.18 Å². The molecular weight excluding hydrogens is 409 g/mol. The molecular formula is C20H14FN5OS2. The monoisotopic (exact) mass is 423 g/mol. The molecule has 0 unspecified atom stereocenters. The minimum Gasteiger partial charge on any atom is -0.280 e. The molecule has 0 aliphatic carbocycles. The van der Waals surface area contributed by atoms with Crippen LogP contribution in [0, 0.1) is 5.82 Å². The molecule has 5 rings (SSSR count). The second-order valence-corrected chi connectivity index (χ2v) is 8.34. The van der Waals surface area contributed by atoms with Crippen molar-refractivity contribution in [1.29, 1.82) is 0 Å². The summed E-state index contributed by atoms with van der Waals surface area (Å²) in [5.74, 6) is -0.651. The summed E-state index contributed by atoms with van der Waals surface area (Å²) in [6.45, 7) is 0.833. The predicted molar refractivity (Wildman–Crippen MR) is 113 cm³/mol. The van der Waals surface area contributed by atoms with Gasteiger partial charge >= 0.3 is 0 Å².